The maximum atomic E-state index is 12.1. The third kappa shape index (κ3) is 3.35. The van der Waals surface area contributed by atoms with Crippen LogP contribution in [0.15, 0.2) is 17.1 Å². The Bertz CT molecular complexity index is 771. The number of ether oxygens (including phenoxy) is 4. The minimum atomic E-state index is -1.00. The lowest BCUT2D eigenvalue weighted by molar-refractivity contribution is -0.159. The van der Waals surface area contributed by atoms with Crippen molar-refractivity contribution in [1.82, 2.24) is 9.55 Å². The van der Waals surface area contributed by atoms with Crippen LogP contribution >= 0.6 is 0 Å². The van der Waals surface area contributed by atoms with Gasteiger partial charge in [0, 0.05) is 6.20 Å². The van der Waals surface area contributed by atoms with Crippen LogP contribution in [0.4, 0.5) is 10.6 Å². The minimum absolute atomic E-state index is 0.0453. The van der Waals surface area contributed by atoms with Gasteiger partial charge in [0.05, 0.1) is 5.41 Å². The third-order valence-electron chi connectivity index (χ3n) is 3.96. The van der Waals surface area contributed by atoms with Gasteiger partial charge in [-0.15, -0.1) is 0 Å². The highest BCUT2D eigenvalue weighted by molar-refractivity contribution is 5.75. The molecule has 4 atom stereocenters. The van der Waals surface area contributed by atoms with Gasteiger partial charge in [0.15, 0.2) is 24.3 Å². The normalized spacial score (nSPS) is 27.5. The van der Waals surface area contributed by atoms with E-state index >= 15 is 0 Å². The average molecular weight is 369 g/mol. The fourth-order valence-corrected chi connectivity index (χ4v) is 2.63. The number of carbonyl (C=O) groups is 2. The van der Waals surface area contributed by atoms with Crippen molar-refractivity contribution in [2.75, 3.05) is 12.1 Å². The van der Waals surface area contributed by atoms with E-state index in [1.54, 1.807) is 26.3 Å². The van der Waals surface area contributed by atoms with Crippen LogP contribution < -0.4 is 11.2 Å². The second-order valence-corrected chi connectivity index (χ2v) is 6.94. The molecule has 1 aromatic rings. The lowest BCUT2D eigenvalue weighted by atomic mass is 9.97. The van der Waals surface area contributed by atoms with Gasteiger partial charge >= 0.3 is 17.8 Å². The van der Waals surface area contributed by atoms with Gasteiger partial charge in [0.25, 0.3) is 0 Å². The summed E-state index contributed by atoms with van der Waals surface area (Å²) in [5, 5.41) is 8.80. The molecular weight excluding hydrogens is 350 g/mol. The molecule has 142 valence electrons. The Hall–Kier alpha value is -2.66. The van der Waals surface area contributed by atoms with Gasteiger partial charge in [-0.2, -0.15) is 4.98 Å². The van der Waals surface area contributed by atoms with E-state index < -0.39 is 47.8 Å². The maximum absolute atomic E-state index is 12.1. The highest BCUT2D eigenvalue weighted by Gasteiger charge is 2.55. The number of rotatable bonds is 4. The highest BCUT2D eigenvalue weighted by atomic mass is 16.8. The molecule has 0 bridgehead atoms. The molecule has 3 rings (SSSR count). The molecule has 2 N–H and O–H groups in total. The number of fused-ring (bicyclic) bond motifs is 1. The Labute approximate surface area is 147 Å². The molecule has 3 heterocycles. The molecule has 2 aliphatic rings. The lowest BCUT2D eigenvalue weighted by Gasteiger charge is -2.20. The largest absolute Gasteiger partial charge is 0.509 e. The Morgan fingerprint density at radius 2 is 2.04 bits per heavy atom. The number of hydrogen-bond acceptors (Lipinski definition) is 10. The van der Waals surface area contributed by atoms with Crippen molar-refractivity contribution in [1.29, 1.82) is 0 Å². The second kappa shape index (κ2) is 6.57. The van der Waals surface area contributed by atoms with Crippen LogP contribution in [0.25, 0.3) is 0 Å². The van der Waals surface area contributed by atoms with E-state index in [0.29, 0.717) is 0 Å². The number of esters is 1. The van der Waals surface area contributed by atoms with Gasteiger partial charge in [-0.25, -0.2) is 9.59 Å². The highest BCUT2D eigenvalue weighted by Crippen LogP contribution is 2.37. The molecule has 0 radical (unpaired) electrons. The number of nitrogens with zero attached hydrogens (tertiary/aromatic N) is 2. The zero-order valence-electron chi connectivity index (χ0n) is 14.4. The van der Waals surface area contributed by atoms with Crippen LogP contribution in [0.3, 0.4) is 0 Å². The first kappa shape index (κ1) is 18.1. The lowest BCUT2D eigenvalue weighted by Crippen LogP contribution is -2.35. The van der Waals surface area contributed by atoms with Crippen LogP contribution in [0.1, 0.15) is 27.0 Å². The van der Waals surface area contributed by atoms with E-state index in [9.17, 15) is 14.4 Å². The molecule has 11 nitrogen and oxygen atoms in total. The summed E-state index contributed by atoms with van der Waals surface area (Å²) >= 11 is 0. The van der Waals surface area contributed by atoms with E-state index in [0.717, 1.165) is 4.57 Å². The topological polar surface area (TPSA) is 138 Å². The number of carbonyl (C=O) groups excluding carboxylic acids is 2. The van der Waals surface area contributed by atoms with Crippen molar-refractivity contribution in [3.05, 3.63) is 22.7 Å². The number of aromatic nitrogens is 2. The molecule has 11 heteroatoms. The van der Waals surface area contributed by atoms with E-state index in [-0.39, 0.29) is 12.4 Å². The number of hydrogen-bond donors (Lipinski definition) is 2. The van der Waals surface area contributed by atoms with E-state index in [4.69, 9.17) is 24.2 Å². The fourth-order valence-electron chi connectivity index (χ4n) is 2.63. The molecule has 2 fully saturated rings. The van der Waals surface area contributed by atoms with Gasteiger partial charge in [-0.05, 0) is 26.8 Å². The quantitative estimate of drug-likeness (QED) is 0.567. The van der Waals surface area contributed by atoms with Crippen molar-refractivity contribution in [2.45, 2.75) is 45.3 Å². The standard InChI is InChI=1S/C15H19N3O8/c1-15(2,3)12(19)23-6-7-9-10(26-14(21)25-9)11(24-7)18-5-4-8(17-22)16-13(18)20/h4-5,7,9-11,22H,6H2,1-3H3,(H,16,17,20)/t7-,9-,10-,11-/m1/s1. The average Bonchev–Trinajstić information content (AvgIpc) is 3.09. The van der Waals surface area contributed by atoms with Crippen molar-refractivity contribution in [2.24, 2.45) is 5.41 Å². The van der Waals surface area contributed by atoms with Crippen LogP contribution in [0, 0.1) is 5.41 Å². The monoisotopic (exact) mass is 369 g/mol. The summed E-state index contributed by atoms with van der Waals surface area (Å²) < 4.78 is 22.2. The Morgan fingerprint density at radius 1 is 1.35 bits per heavy atom. The smallest absolute Gasteiger partial charge is 0.462 e. The van der Waals surface area contributed by atoms with Gasteiger partial charge in [-0.1, -0.05) is 0 Å². The predicted molar refractivity (Wildman–Crippen MR) is 83.4 cm³/mol. The Kier molecular flexibility index (Phi) is 4.59. The molecular formula is C15H19N3O8. The summed E-state index contributed by atoms with van der Waals surface area (Å²) in [7, 11) is 0. The Morgan fingerprint density at radius 3 is 2.65 bits per heavy atom. The molecule has 2 aliphatic heterocycles. The van der Waals surface area contributed by atoms with Crippen molar-refractivity contribution in [3.8, 4) is 0 Å². The summed E-state index contributed by atoms with van der Waals surface area (Å²) in [5.41, 5.74) is 0.328. The van der Waals surface area contributed by atoms with Crippen molar-refractivity contribution < 1.29 is 33.7 Å². The summed E-state index contributed by atoms with van der Waals surface area (Å²) in [6.07, 6.45) is -3.10. The molecule has 0 saturated carbocycles. The zero-order valence-corrected chi connectivity index (χ0v) is 14.4. The van der Waals surface area contributed by atoms with Crippen LogP contribution in [0.2, 0.25) is 0 Å². The van der Waals surface area contributed by atoms with Crippen molar-refractivity contribution in [3.63, 3.8) is 0 Å². The number of nitrogens with one attached hydrogen (secondary N) is 1. The first-order valence-electron chi connectivity index (χ1n) is 7.90. The minimum Gasteiger partial charge on any atom is -0.462 e. The van der Waals surface area contributed by atoms with Gasteiger partial charge < -0.3 is 18.9 Å². The molecule has 0 aromatic carbocycles. The van der Waals surface area contributed by atoms with Gasteiger partial charge in [-0.3, -0.25) is 20.0 Å². The second-order valence-electron chi connectivity index (χ2n) is 6.94. The fraction of sp³-hybridized carbons (Fsp3) is 0.600. The van der Waals surface area contributed by atoms with Crippen LogP contribution in [0.5, 0.6) is 0 Å². The van der Waals surface area contributed by atoms with Crippen molar-refractivity contribution >= 4 is 17.9 Å². The van der Waals surface area contributed by atoms with E-state index in [1.165, 1.54) is 12.3 Å². The Balaban J connectivity index is 1.79. The first-order valence-corrected chi connectivity index (χ1v) is 7.90. The SMILES string of the molecule is CC(C)(C)C(=O)OC[C@H]1O[C@@H](n2ccc(NO)nc2=O)[C@@H]2OC(=O)O[C@@H]21. The summed E-state index contributed by atoms with van der Waals surface area (Å²) in [4.78, 5) is 39.2. The third-order valence-corrected chi connectivity index (χ3v) is 3.96. The molecule has 0 spiro atoms. The summed E-state index contributed by atoms with van der Waals surface area (Å²) in [6.45, 7) is 4.95. The van der Waals surface area contributed by atoms with Crippen LogP contribution in [-0.2, 0) is 23.7 Å². The molecule has 26 heavy (non-hydrogen) atoms. The van der Waals surface area contributed by atoms with E-state index in [1.807, 2.05) is 0 Å². The molecule has 1 aromatic heterocycles. The molecule has 0 unspecified atom stereocenters. The van der Waals surface area contributed by atoms with Crippen LogP contribution in [-0.4, -0.2) is 51.8 Å². The summed E-state index contributed by atoms with van der Waals surface area (Å²) in [5.74, 6) is -0.486. The van der Waals surface area contributed by atoms with E-state index in [2.05, 4.69) is 4.98 Å². The van der Waals surface area contributed by atoms with Gasteiger partial charge in [0.1, 0.15) is 12.7 Å². The number of anilines is 1. The zero-order chi connectivity index (χ0) is 19.1. The molecule has 2 saturated heterocycles. The first-order chi connectivity index (χ1) is 12.2. The molecule has 0 aliphatic carbocycles. The summed E-state index contributed by atoms with van der Waals surface area (Å²) in [6, 6.07) is 1.34. The maximum Gasteiger partial charge on any atom is 0.509 e. The van der Waals surface area contributed by atoms with Gasteiger partial charge in [0.2, 0.25) is 0 Å². The predicted octanol–water partition coefficient (Wildman–Crippen LogP) is 0.435. The molecule has 0 amide bonds.